The Bertz CT molecular complexity index is 835. The van der Waals surface area contributed by atoms with Crippen LogP contribution in [0.15, 0.2) is 24.3 Å². The van der Waals surface area contributed by atoms with Gasteiger partial charge in [0.05, 0.1) is 130 Å². The Balaban J connectivity index is 1.63. The molecule has 14 nitrogen and oxygen atoms in total. The quantitative estimate of drug-likeness (QED) is 0.0492. The fourth-order valence-electron chi connectivity index (χ4n) is 4.30. The van der Waals surface area contributed by atoms with E-state index in [2.05, 4.69) is 6.92 Å². The van der Waals surface area contributed by atoms with Gasteiger partial charge < -0.3 is 52.1 Å². The Kier molecular flexibility index (Phi) is 35.2. The maximum absolute atomic E-state index is 10.6. The van der Waals surface area contributed by atoms with Crippen molar-refractivity contribution in [3.8, 4) is 5.75 Å². The van der Waals surface area contributed by atoms with E-state index < -0.39 is 4.92 Å². The Morgan fingerprint density at radius 1 is 0.400 bits per heavy atom. The first-order valence-corrected chi connectivity index (χ1v) is 18.4. The van der Waals surface area contributed by atoms with Crippen LogP contribution in [-0.4, -0.2) is 144 Å². The van der Waals surface area contributed by atoms with Gasteiger partial charge in [-0.2, -0.15) is 0 Å². The van der Waals surface area contributed by atoms with Gasteiger partial charge in [0.1, 0.15) is 12.4 Å². The van der Waals surface area contributed by atoms with Crippen LogP contribution in [0.5, 0.6) is 5.75 Å². The number of benzene rings is 1. The monoisotopic (exact) mass is 719 g/mol. The molecule has 292 valence electrons. The van der Waals surface area contributed by atoms with Crippen molar-refractivity contribution >= 4 is 5.69 Å². The molecule has 0 saturated carbocycles. The van der Waals surface area contributed by atoms with Crippen LogP contribution >= 0.6 is 0 Å². The van der Waals surface area contributed by atoms with E-state index in [9.17, 15) is 10.1 Å². The smallest absolute Gasteiger partial charge is 0.269 e. The van der Waals surface area contributed by atoms with Gasteiger partial charge in [-0.15, -0.1) is 0 Å². The van der Waals surface area contributed by atoms with E-state index in [1.54, 1.807) is 12.1 Å². The minimum atomic E-state index is -0.449. The molecule has 50 heavy (non-hydrogen) atoms. The summed E-state index contributed by atoms with van der Waals surface area (Å²) < 4.78 is 60.4. The molecule has 0 aliphatic heterocycles. The van der Waals surface area contributed by atoms with E-state index >= 15 is 0 Å². The number of hydrogen-bond acceptors (Lipinski definition) is 13. The summed E-state index contributed by atoms with van der Waals surface area (Å²) in [5.74, 6) is 0.559. The Morgan fingerprint density at radius 2 is 0.680 bits per heavy atom. The van der Waals surface area contributed by atoms with Gasteiger partial charge in [0.25, 0.3) is 5.69 Å². The number of rotatable bonds is 41. The van der Waals surface area contributed by atoms with Crippen molar-refractivity contribution in [1.82, 2.24) is 0 Å². The molecule has 0 heterocycles. The van der Waals surface area contributed by atoms with Crippen LogP contribution in [-0.2, 0) is 47.4 Å². The number of nitro groups is 1. The van der Waals surface area contributed by atoms with Crippen LogP contribution in [0, 0.1) is 10.1 Å². The van der Waals surface area contributed by atoms with E-state index in [0.717, 1.165) is 13.0 Å². The number of ether oxygens (including phenoxy) is 11. The lowest BCUT2D eigenvalue weighted by Gasteiger charge is -2.09. The zero-order chi connectivity index (χ0) is 35.8. The topological polar surface area (TPSA) is 145 Å². The van der Waals surface area contributed by atoms with E-state index in [-0.39, 0.29) is 5.69 Å². The molecule has 0 saturated heterocycles. The highest BCUT2D eigenvalue weighted by molar-refractivity contribution is 5.35. The average Bonchev–Trinajstić information content (AvgIpc) is 3.12. The lowest BCUT2D eigenvalue weighted by Crippen LogP contribution is -2.15. The molecule has 0 radical (unpaired) electrons. The van der Waals surface area contributed by atoms with Crippen molar-refractivity contribution in [1.29, 1.82) is 0 Å². The molecular weight excluding hydrogens is 654 g/mol. The second-order valence-electron chi connectivity index (χ2n) is 11.2. The predicted molar refractivity (Wildman–Crippen MR) is 189 cm³/mol. The summed E-state index contributed by atoms with van der Waals surface area (Å²) in [6.07, 6.45) is 10.5. The first-order chi connectivity index (χ1) is 24.7. The summed E-state index contributed by atoms with van der Waals surface area (Å²) >= 11 is 0. The van der Waals surface area contributed by atoms with Gasteiger partial charge >= 0.3 is 0 Å². The lowest BCUT2D eigenvalue weighted by molar-refractivity contribution is -0.384. The maximum Gasteiger partial charge on any atom is 0.269 e. The maximum atomic E-state index is 10.6. The molecule has 0 spiro atoms. The van der Waals surface area contributed by atoms with Crippen LogP contribution in [0.4, 0.5) is 5.69 Å². The highest BCUT2D eigenvalue weighted by Gasteiger charge is 2.04. The summed E-state index contributed by atoms with van der Waals surface area (Å²) in [5, 5.41) is 10.6. The predicted octanol–water partition coefficient (Wildman–Crippen LogP) is 5.28. The Morgan fingerprint density at radius 3 is 1.00 bits per heavy atom. The van der Waals surface area contributed by atoms with E-state index in [1.165, 1.54) is 57.1 Å². The normalized spacial score (nSPS) is 11.4. The molecule has 0 N–H and O–H groups in total. The first kappa shape index (κ1) is 46.0. The fourth-order valence-corrected chi connectivity index (χ4v) is 4.30. The van der Waals surface area contributed by atoms with Gasteiger partial charge in [0.2, 0.25) is 0 Å². The number of non-ortho nitro benzene ring substituents is 1. The molecule has 14 heteroatoms. The standard InChI is InChI=1S/C36H65NO13/c1-2-3-4-5-6-7-8-9-14-40-15-16-41-17-18-42-19-20-43-21-22-44-23-24-45-25-26-46-27-28-47-29-30-48-31-32-49-33-34-50-36-12-10-35(11-13-36)37(38)39/h10-13H,2-9,14-34H2,1H3. The molecule has 1 rings (SSSR count). The van der Waals surface area contributed by atoms with Crippen LogP contribution in [0.3, 0.4) is 0 Å². The van der Waals surface area contributed by atoms with E-state index in [1.807, 2.05) is 0 Å². The molecule has 1 aromatic rings. The van der Waals surface area contributed by atoms with Crippen molar-refractivity contribution in [2.75, 3.05) is 139 Å². The highest BCUT2D eigenvalue weighted by atomic mass is 16.6. The van der Waals surface area contributed by atoms with Crippen molar-refractivity contribution in [3.05, 3.63) is 34.4 Å². The molecule has 0 atom stereocenters. The molecule has 0 fully saturated rings. The third-order valence-electron chi connectivity index (χ3n) is 7.03. The SMILES string of the molecule is CCCCCCCCCCOCCOCCOCCOCCOCCOCCOCCOCCOCCOCCOc1ccc([N+](=O)[O-])cc1. The number of nitro benzene ring substituents is 1. The molecule has 1 aromatic carbocycles. The average molecular weight is 720 g/mol. The minimum Gasteiger partial charge on any atom is -0.491 e. The molecule has 0 bridgehead atoms. The number of hydrogen-bond donors (Lipinski definition) is 0. The van der Waals surface area contributed by atoms with Gasteiger partial charge in [-0.05, 0) is 18.6 Å². The molecule has 0 unspecified atom stereocenters. The third kappa shape index (κ3) is 33.2. The third-order valence-corrected chi connectivity index (χ3v) is 7.03. The summed E-state index contributed by atoms with van der Waals surface area (Å²) in [6.45, 7) is 13.1. The van der Waals surface area contributed by atoms with Crippen molar-refractivity contribution in [2.45, 2.75) is 58.3 Å². The van der Waals surface area contributed by atoms with E-state index in [4.69, 9.17) is 52.1 Å². The van der Waals surface area contributed by atoms with Crippen molar-refractivity contribution in [3.63, 3.8) is 0 Å². The largest absolute Gasteiger partial charge is 0.491 e. The second kappa shape index (κ2) is 38.3. The van der Waals surface area contributed by atoms with Crippen LogP contribution in [0.1, 0.15) is 58.3 Å². The van der Waals surface area contributed by atoms with Gasteiger partial charge in [0, 0.05) is 18.7 Å². The number of unbranched alkanes of at least 4 members (excludes halogenated alkanes) is 7. The lowest BCUT2D eigenvalue weighted by atomic mass is 10.1. The molecule has 0 amide bonds. The second-order valence-corrected chi connectivity index (χ2v) is 11.2. The van der Waals surface area contributed by atoms with Crippen molar-refractivity contribution < 1.29 is 57.0 Å². The van der Waals surface area contributed by atoms with Crippen molar-refractivity contribution in [2.24, 2.45) is 0 Å². The summed E-state index contributed by atoms with van der Waals surface area (Å²) in [4.78, 5) is 10.2. The van der Waals surface area contributed by atoms with E-state index in [0.29, 0.717) is 138 Å². The molecule has 0 aromatic heterocycles. The number of nitrogens with zero attached hydrogens (tertiary/aromatic N) is 1. The van der Waals surface area contributed by atoms with Crippen LogP contribution in [0.2, 0.25) is 0 Å². The molecule has 0 aliphatic rings. The fraction of sp³-hybridized carbons (Fsp3) is 0.833. The van der Waals surface area contributed by atoms with Gasteiger partial charge in [0.15, 0.2) is 0 Å². The first-order valence-electron chi connectivity index (χ1n) is 18.4. The zero-order valence-corrected chi connectivity index (χ0v) is 30.6. The summed E-state index contributed by atoms with van der Waals surface area (Å²) in [7, 11) is 0. The van der Waals surface area contributed by atoms with Gasteiger partial charge in [-0.1, -0.05) is 51.9 Å². The zero-order valence-electron chi connectivity index (χ0n) is 30.6. The summed E-state index contributed by atoms with van der Waals surface area (Å²) in [6, 6.07) is 5.92. The minimum absolute atomic E-state index is 0.0278. The van der Waals surface area contributed by atoms with Crippen LogP contribution < -0.4 is 4.74 Å². The summed E-state index contributed by atoms with van der Waals surface area (Å²) in [5.41, 5.74) is 0.0278. The molecule has 0 aliphatic carbocycles. The van der Waals surface area contributed by atoms with Crippen LogP contribution in [0.25, 0.3) is 0 Å². The van der Waals surface area contributed by atoms with Gasteiger partial charge in [-0.25, -0.2) is 0 Å². The Hall–Kier alpha value is -1.98. The molecular formula is C36H65NO13. The Labute approximate surface area is 299 Å². The van der Waals surface area contributed by atoms with Gasteiger partial charge in [-0.3, -0.25) is 10.1 Å². The highest BCUT2D eigenvalue weighted by Crippen LogP contribution is 2.17.